The predicted molar refractivity (Wildman–Crippen MR) is 24.7 cm³/mol. The first-order chi connectivity index (χ1) is 3.12. The lowest BCUT2D eigenvalue weighted by molar-refractivity contribution is 0.613. The Hall–Kier alpha value is -0.820. The van der Waals surface area contributed by atoms with Crippen LogP contribution < -0.4 is 0 Å². The molecule has 0 N–H and O–H groups in total. The first-order valence-electron chi connectivity index (χ1n) is 1.41. The first kappa shape index (κ1) is 6.18. The van der Waals surface area contributed by atoms with Gasteiger partial charge in [-0.2, -0.15) is 5.26 Å². The number of hydrogen-bond donors (Lipinski definition) is 0. The zero-order chi connectivity index (χ0) is 5.91. The summed E-state index contributed by atoms with van der Waals surface area (Å²) in [5, 5.41) is 9.33. The third kappa shape index (κ3) is 1.95. The van der Waals surface area contributed by atoms with Crippen molar-refractivity contribution in [3.8, 4) is 5.40 Å². The average molecular weight is 117 g/mol. The molecule has 0 fully saturated rings. The largest absolute Gasteiger partial charge is 0.262 e. The minimum atomic E-state index is -3.59. The van der Waals surface area contributed by atoms with Crippen molar-refractivity contribution in [3.63, 3.8) is 0 Å². The summed E-state index contributed by atoms with van der Waals surface area (Å²) in [7, 11) is -3.59. The molecular formula is C3H3NO2S. The second-order valence-corrected chi connectivity index (χ2v) is 2.41. The molecule has 4 heteroatoms. The Kier molecular flexibility index (Phi) is 1.55. The average Bonchev–Trinajstić information content (AvgIpc) is 1.68. The normalized spacial score (nSPS) is 9.57. The number of nitriles is 1. The van der Waals surface area contributed by atoms with Crippen molar-refractivity contribution >= 4 is 9.84 Å². The van der Waals surface area contributed by atoms with Crippen LogP contribution in [0, 0.1) is 10.7 Å². The molecule has 7 heavy (non-hydrogen) atoms. The standard InChI is InChI=1S/C3H3NO2S/c1-2-7(5,6)3-4/h2H,1H2. The summed E-state index contributed by atoms with van der Waals surface area (Å²) < 4.78 is 19.8. The van der Waals surface area contributed by atoms with Gasteiger partial charge in [-0.1, -0.05) is 6.58 Å². The fourth-order valence-corrected chi connectivity index (χ4v) is 0.112. The van der Waals surface area contributed by atoms with Crippen molar-refractivity contribution in [2.45, 2.75) is 0 Å². The van der Waals surface area contributed by atoms with E-state index in [1.54, 1.807) is 0 Å². The second kappa shape index (κ2) is 1.76. The molecule has 0 spiro atoms. The van der Waals surface area contributed by atoms with Gasteiger partial charge in [0.25, 0.3) is 9.84 Å². The highest BCUT2D eigenvalue weighted by atomic mass is 32.2. The molecule has 0 aromatic rings. The fourth-order valence-electron chi connectivity index (χ4n) is 0.0373. The van der Waals surface area contributed by atoms with Crippen molar-refractivity contribution in [2.24, 2.45) is 0 Å². The molecule has 0 bridgehead atoms. The molecule has 0 radical (unpaired) electrons. The molecule has 0 aliphatic carbocycles. The molecule has 0 saturated heterocycles. The Morgan fingerprint density at radius 1 is 1.71 bits per heavy atom. The third-order valence-electron chi connectivity index (χ3n) is 0.347. The van der Waals surface area contributed by atoms with Gasteiger partial charge in [0.05, 0.1) is 0 Å². The molecule has 0 aromatic heterocycles. The minimum absolute atomic E-state index is 0.604. The predicted octanol–water partition coefficient (Wildman–Crippen LogP) is 0.0258. The van der Waals surface area contributed by atoms with Crippen LogP contribution in [0.2, 0.25) is 0 Å². The van der Waals surface area contributed by atoms with Gasteiger partial charge < -0.3 is 0 Å². The van der Waals surface area contributed by atoms with E-state index in [1.165, 1.54) is 0 Å². The van der Waals surface area contributed by atoms with E-state index in [1.807, 2.05) is 0 Å². The van der Waals surface area contributed by atoms with Crippen LogP contribution >= 0.6 is 0 Å². The Bertz CT molecular complexity index is 195. The van der Waals surface area contributed by atoms with Crippen LogP contribution in [0.5, 0.6) is 0 Å². The highest BCUT2D eigenvalue weighted by molar-refractivity contribution is 7.98. The lowest BCUT2D eigenvalue weighted by Gasteiger charge is -1.70. The Morgan fingerprint density at radius 2 is 2.14 bits per heavy atom. The lowest BCUT2D eigenvalue weighted by Crippen LogP contribution is -1.84. The maximum absolute atomic E-state index is 9.89. The van der Waals surface area contributed by atoms with E-state index in [-0.39, 0.29) is 0 Å². The van der Waals surface area contributed by atoms with Crippen LogP contribution in [-0.2, 0) is 9.84 Å². The SMILES string of the molecule is C=CS(=O)(=O)C#N. The number of sulfone groups is 1. The summed E-state index contributed by atoms with van der Waals surface area (Å²) in [4.78, 5) is 0. The minimum Gasteiger partial charge on any atom is -0.209 e. The smallest absolute Gasteiger partial charge is 0.209 e. The van der Waals surface area contributed by atoms with Crippen LogP contribution in [0.25, 0.3) is 0 Å². The van der Waals surface area contributed by atoms with E-state index in [0.717, 1.165) is 5.40 Å². The number of thiocyanates is 1. The summed E-state index contributed by atoms with van der Waals surface area (Å²) in [6, 6.07) is 0. The highest BCUT2D eigenvalue weighted by Gasteiger charge is 1.95. The van der Waals surface area contributed by atoms with Crippen LogP contribution in [-0.4, -0.2) is 8.42 Å². The molecule has 0 atom stereocenters. The zero-order valence-electron chi connectivity index (χ0n) is 3.46. The highest BCUT2D eigenvalue weighted by Crippen LogP contribution is 1.82. The number of nitrogens with zero attached hydrogens (tertiary/aromatic N) is 1. The van der Waals surface area contributed by atoms with E-state index in [9.17, 15) is 8.42 Å². The summed E-state index contributed by atoms with van der Waals surface area (Å²) in [5.74, 6) is 0. The van der Waals surface area contributed by atoms with Gasteiger partial charge >= 0.3 is 0 Å². The van der Waals surface area contributed by atoms with Crippen molar-refractivity contribution in [1.29, 1.82) is 5.26 Å². The van der Waals surface area contributed by atoms with Crippen LogP contribution in [0.3, 0.4) is 0 Å². The van der Waals surface area contributed by atoms with E-state index in [4.69, 9.17) is 5.26 Å². The van der Waals surface area contributed by atoms with Crippen molar-refractivity contribution in [3.05, 3.63) is 12.0 Å². The van der Waals surface area contributed by atoms with Gasteiger partial charge in [-0.05, 0) is 0 Å². The van der Waals surface area contributed by atoms with Gasteiger partial charge in [0, 0.05) is 5.41 Å². The van der Waals surface area contributed by atoms with Gasteiger partial charge in [0.15, 0.2) is 5.40 Å². The monoisotopic (exact) mass is 117 g/mol. The topological polar surface area (TPSA) is 57.9 Å². The van der Waals surface area contributed by atoms with Gasteiger partial charge in [0.2, 0.25) is 0 Å². The summed E-state index contributed by atoms with van der Waals surface area (Å²) in [6.45, 7) is 2.89. The van der Waals surface area contributed by atoms with Gasteiger partial charge in [-0.25, -0.2) is 8.42 Å². The fraction of sp³-hybridized carbons (Fsp3) is 0. The molecule has 0 heterocycles. The van der Waals surface area contributed by atoms with Gasteiger partial charge in [-0.3, -0.25) is 0 Å². The lowest BCUT2D eigenvalue weighted by atomic mass is 11.3. The quantitative estimate of drug-likeness (QED) is 0.359. The number of hydrogen-bond acceptors (Lipinski definition) is 3. The third-order valence-corrected chi connectivity index (χ3v) is 1.04. The summed E-state index contributed by atoms with van der Waals surface area (Å²) in [5.41, 5.74) is 0. The van der Waals surface area contributed by atoms with E-state index < -0.39 is 9.84 Å². The Morgan fingerprint density at radius 3 is 2.14 bits per heavy atom. The molecule has 0 rings (SSSR count). The van der Waals surface area contributed by atoms with E-state index in [2.05, 4.69) is 6.58 Å². The van der Waals surface area contributed by atoms with Crippen LogP contribution in [0.1, 0.15) is 0 Å². The van der Waals surface area contributed by atoms with Crippen LogP contribution in [0.15, 0.2) is 12.0 Å². The number of rotatable bonds is 1. The molecule has 0 aromatic carbocycles. The molecule has 0 saturated carbocycles. The van der Waals surface area contributed by atoms with E-state index >= 15 is 0 Å². The van der Waals surface area contributed by atoms with E-state index in [0.29, 0.717) is 5.41 Å². The van der Waals surface area contributed by atoms with Crippen molar-refractivity contribution in [2.75, 3.05) is 0 Å². The molecule has 0 amide bonds. The molecular weight excluding hydrogens is 114 g/mol. The summed E-state index contributed by atoms with van der Waals surface area (Å²) >= 11 is 0. The van der Waals surface area contributed by atoms with Crippen molar-refractivity contribution in [1.82, 2.24) is 0 Å². The molecule has 0 aliphatic heterocycles. The molecule has 38 valence electrons. The van der Waals surface area contributed by atoms with Gasteiger partial charge in [0.1, 0.15) is 0 Å². The second-order valence-electron chi connectivity index (χ2n) is 0.803. The Labute approximate surface area is 41.8 Å². The maximum Gasteiger partial charge on any atom is 0.262 e. The Balaban J connectivity index is 4.62. The molecule has 3 nitrogen and oxygen atoms in total. The van der Waals surface area contributed by atoms with Crippen LogP contribution in [0.4, 0.5) is 0 Å². The molecule has 0 unspecified atom stereocenters. The summed E-state index contributed by atoms with van der Waals surface area (Å²) in [6.07, 6.45) is 0. The maximum atomic E-state index is 9.89. The van der Waals surface area contributed by atoms with Crippen molar-refractivity contribution < 1.29 is 8.42 Å². The first-order valence-corrected chi connectivity index (χ1v) is 2.95. The molecule has 0 aliphatic rings. The zero-order valence-corrected chi connectivity index (χ0v) is 4.27. The van der Waals surface area contributed by atoms with Gasteiger partial charge in [-0.15, -0.1) is 0 Å².